The highest BCUT2D eigenvalue weighted by molar-refractivity contribution is 6.33. The zero-order valence-corrected chi connectivity index (χ0v) is 25.4. The number of aryl methyl sites for hydroxylation is 2. The fourth-order valence-electron chi connectivity index (χ4n) is 5.68. The largest absolute Gasteiger partial charge is 0.355 e. The molecular weight excluding hydrogens is 555 g/mol. The van der Waals surface area contributed by atoms with E-state index < -0.39 is 11.5 Å². The maximum atomic E-state index is 15.4. The lowest BCUT2D eigenvalue weighted by molar-refractivity contribution is -0.128. The molecule has 8 nitrogen and oxygen atoms in total. The van der Waals surface area contributed by atoms with Crippen LogP contribution in [-0.4, -0.2) is 55.5 Å². The topological polar surface area (TPSA) is 84.2 Å². The molecule has 1 aliphatic heterocycles. The summed E-state index contributed by atoms with van der Waals surface area (Å²) in [6.07, 6.45) is 3.03. The van der Waals surface area contributed by atoms with E-state index in [2.05, 4.69) is 16.5 Å². The number of rotatable bonds is 5. The average molecular weight is 589 g/mol. The minimum absolute atomic E-state index is 0.00105. The molecule has 2 atom stereocenters. The molecule has 1 aliphatic rings. The molecule has 10 heteroatoms. The summed E-state index contributed by atoms with van der Waals surface area (Å²) < 4.78 is 16.8. The molecule has 0 aliphatic carbocycles. The van der Waals surface area contributed by atoms with Gasteiger partial charge in [0.1, 0.15) is 11.6 Å². The number of amides is 1. The van der Waals surface area contributed by atoms with Gasteiger partial charge in [0.05, 0.1) is 27.5 Å². The van der Waals surface area contributed by atoms with E-state index in [4.69, 9.17) is 16.6 Å². The Morgan fingerprint density at radius 2 is 1.86 bits per heavy atom. The minimum Gasteiger partial charge on any atom is -0.349 e. The fourth-order valence-corrected chi connectivity index (χ4v) is 5.93. The zero-order valence-electron chi connectivity index (χ0n) is 24.7. The van der Waals surface area contributed by atoms with Gasteiger partial charge in [0.15, 0.2) is 5.65 Å². The number of halogens is 2. The molecule has 1 fully saturated rings. The Balaban J connectivity index is 1.84. The first-order valence-electron chi connectivity index (χ1n) is 14.0. The third-order valence-corrected chi connectivity index (χ3v) is 8.18. The van der Waals surface area contributed by atoms with Crippen LogP contribution in [0.5, 0.6) is 0 Å². The molecular formula is C32H34ClFN6O2. The number of carbonyl (C=O) groups excluding carboxylic acids is 1. The van der Waals surface area contributed by atoms with Gasteiger partial charge in [-0.25, -0.2) is 18.7 Å². The van der Waals surface area contributed by atoms with Crippen LogP contribution in [0.15, 0.2) is 54.0 Å². The second-order valence-electron chi connectivity index (χ2n) is 11.2. The molecule has 42 heavy (non-hydrogen) atoms. The number of hydrogen-bond donors (Lipinski definition) is 0. The van der Waals surface area contributed by atoms with Crippen LogP contribution in [0, 0.1) is 19.7 Å². The summed E-state index contributed by atoms with van der Waals surface area (Å²) in [5.41, 5.74) is 2.82. The van der Waals surface area contributed by atoms with Crippen LogP contribution >= 0.6 is 11.6 Å². The van der Waals surface area contributed by atoms with Crippen molar-refractivity contribution in [1.29, 1.82) is 0 Å². The number of nitrogens with zero attached hydrogens (tertiary/aromatic N) is 6. The van der Waals surface area contributed by atoms with Gasteiger partial charge in [0.2, 0.25) is 5.91 Å². The third kappa shape index (κ3) is 4.96. The van der Waals surface area contributed by atoms with Gasteiger partial charge in [-0.3, -0.25) is 9.78 Å². The molecule has 0 spiro atoms. The van der Waals surface area contributed by atoms with Gasteiger partial charge in [-0.1, -0.05) is 44.2 Å². The van der Waals surface area contributed by atoms with Gasteiger partial charge in [-0.2, -0.15) is 4.98 Å². The zero-order chi connectivity index (χ0) is 30.5. The van der Waals surface area contributed by atoms with Crippen molar-refractivity contribution < 1.29 is 9.18 Å². The Morgan fingerprint density at radius 3 is 2.55 bits per heavy atom. The average Bonchev–Trinajstić information content (AvgIpc) is 2.95. The predicted octanol–water partition coefficient (Wildman–Crippen LogP) is 5.99. The second-order valence-corrected chi connectivity index (χ2v) is 11.6. The number of pyridine rings is 2. The molecule has 3 aromatic heterocycles. The van der Waals surface area contributed by atoms with Gasteiger partial charge in [-0.05, 0) is 69.0 Å². The van der Waals surface area contributed by atoms with E-state index in [1.165, 1.54) is 10.6 Å². The quantitative estimate of drug-likeness (QED) is 0.266. The van der Waals surface area contributed by atoms with E-state index >= 15 is 4.39 Å². The smallest absolute Gasteiger partial charge is 0.349 e. The summed E-state index contributed by atoms with van der Waals surface area (Å²) >= 11 is 6.83. The summed E-state index contributed by atoms with van der Waals surface area (Å²) in [6, 6.07) is 8.26. The van der Waals surface area contributed by atoms with Crippen LogP contribution in [0.1, 0.15) is 50.4 Å². The Kier molecular flexibility index (Phi) is 7.90. The molecule has 1 aromatic carbocycles. The Labute approximate surface area is 249 Å². The molecule has 0 radical (unpaired) electrons. The molecule has 4 heterocycles. The van der Waals surface area contributed by atoms with Gasteiger partial charge >= 0.3 is 5.69 Å². The molecule has 1 saturated heterocycles. The van der Waals surface area contributed by atoms with Crippen LogP contribution in [0.4, 0.5) is 10.2 Å². The van der Waals surface area contributed by atoms with Gasteiger partial charge < -0.3 is 9.80 Å². The highest BCUT2D eigenvalue weighted by atomic mass is 35.5. The van der Waals surface area contributed by atoms with Gasteiger partial charge in [-0.15, -0.1) is 0 Å². The molecule has 5 rings (SSSR count). The molecule has 2 unspecified atom stereocenters. The van der Waals surface area contributed by atoms with E-state index in [1.807, 2.05) is 45.6 Å². The first-order valence-corrected chi connectivity index (χ1v) is 14.4. The first-order chi connectivity index (χ1) is 19.9. The van der Waals surface area contributed by atoms with E-state index in [0.717, 1.165) is 5.56 Å². The number of carbonyl (C=O) groups is 1. The van der Waals surface area contributed by atoms with Crippen LogP contribution < -0.4 is 10.6 Å². The summed E-state index contributed by atoms with van der Waals surface area (Å²) in [5, 5.41) is 0.769. The number of benzene rings is 1. The third-order valence-electron chi connectivity index (χ3n) is 7.89. The Bertz CT molecular complexity index is 1790. The van der Waals surface area contributed by atoms with Crippen molar-refractivity contribution in [3.05, 3.63) is 87.3 Å². The van der Waals surface area contributed by atoms with Gasteiger partial charge in [0.25, 0.3) is 0 Å². The van der Waals surface area contributed by atoms with Crippen molar-refractivity contribution in [3.63, 3.8) is 0 Å². The lowest BCUT2D eigenvalue weighted by Crippen LogP contribution is -2.58. The summed E-state index contributed by atoms with van der Waals surface area (Å²) in [6.45, 7) is 16.0. The van der Waals surface area contributed by atoms with Crippen molar-refractivity contribution in [2.45, 2.75) is 59.5 Å². The highest BCUT2D eigenvalue weighted by Crippen LogP contribution is 2.37. The number of aromatic nitrogens is 4. The fraction of sp³-hybridized carbons (Fsp3) is 0.344. The highest BCUT2D eigenvalue weighted by Gasteiger charge is 2.34. The Morgan fingerprint density at radius 1 is 1.12 bits per heavy atom. The number of anilines is 1. The van der Waals surface area contributed by atoms with Crippen LogP contribution in [0.25, 0.3) is 28.0 Å². The van der Waals surface area contributed by atoms with Crippen molar-refractivity contribution in [2.24, 2.45) is 0 Å². The molecule has 0 saturated carbocycles. The first kappa shape index (κ1) is 29.4. The lowest BCUT2D eigenvalue weighted by atomic mass is 10.0. The maximum absolute atomic E-state index is 15.4. The van der Waals surface area contributed by atoms with E-state index in [1.54, 1.807) is 42.3 Å². The molecule has 218 valence electrons. The lowest BCUT2D eigenvalue weighted by Gasteiger charge is -2.44. The summed E-state index contributed by atoms with van der Waals surface area (Å²) in [5.74, 6) is -0.168. The minimum atomic E-state index is -0.537. The van der Waals surface area contributed by atoms with Crippen molar-refractivity contribution in [1.82, 2.24) is 24.4 Å². The number of hydrogen-bond acceptors (Lipinski definition) is 6. The van der Waals surface area contributed by atoms with E-state index in [9.17, 15) is 9.59 Å². The predicted molar refractivity (Wildman–Crippen MR) is 165 cm³/mol. The normalized spacial score (nSPS) is 17.3. The number of piperazine rings is 1. The van der Waals surface area contributed by atoms with Gasteiger partial charge in [0, 0.05) is 36.9 Å². The van der Waals surface area contributed by atoms with Crippen molar-refractivity contribution >= 4 is 34.4 Å². The van der Waals surface area contributed by atoms with Crippen LogP contribution in [-0.2, 0) is 4.79 Å². The molecule has 4 aromatic rings. The summed E-state index contributed by atoms with van der Waals surface area (Å²) in [7, 11) is 0. The molecule has 0 N–H and O–H groups in total. The monoisotopic (exact) mass is 588 g/mol. The second kappa shape index (κ2) is 11.3. The number of fused-ring (bicyclic) bond motifs is 1. The Hall–Kier alpha value is -4.11. The van der Waals surface area contributed by atoms with Crippen molar-refractivity contribution in [2.75, 3.05) is 18.0 Å². The van der Waals surface area contributed by atoms with Crippen LogP contribution in [0.2, 0.25) is 5.02 Å². The van der Waals surface area contributed by atoms with E-state index in [0.29, 0.717) is 46.9 Å². The SMILES string of the molecule is C=CC(=O)N1CC(C)N(c2nc(=O)n(-c3c(C)ccnc3C(C)C)c3nc(-c4cccc(C)c4F)c(Cl)cc23)CC1C. The van der Waals surface area contributed by atoms with Crippen molar-refractivity contribution in [3.8, 4) is 16.9 Å². The summed E-state index contributed by atoms with van der Waals surface area (Å²) in [4.78, 5) is 44.4. The molecule has 0 bridgehead atoms. The van der Waals surface area contributed by atoms with E-state index in [-0.39, 0.29) is 40.2 Å². The van der Waals surface area contributed by atoms with Crippen LogP contribution in [0.3, 0.4) is 0 Å². The standard InChI is InChI=1S/C32H34ClFN6O2/c1-8-25(41)38-15-21(7)39(16-20(38)6)30-23-14-24(33)28(22-11-9-10-18(4)26(22)34)36-31(23)40(32(42)37-30)29-19(5)12-13-35-27(29)17(2)3/h8-14,17,20-21H,1,15-16H2,2-7H3. The maximum Gasteiger partial charge on any atom is 0.355 e. The molecule has 1 amide bonds.